The van der Waals surface area contributed by atoms with E-state index in [1.54, 1.807) is 7.05 Å². The van der Waals surface area contributed by atoms with Crippen LogP contribution >= 0.6 is 0 Å². The van der Waals surface area contributed by atoms with Crippen molar-refractivity contribution in [3.05, 3.63) is 17.8 Å². The molecule has 1 unspecified atom stereocenters. The van der Waals surface area contributed by atoms with Gasteiger partial charge in [0.1, 0.15) is 5.76 Å². The Hall–Kier alpha value is -1.60. The summed E-state index contributed by atoms with van der Waals surface area (Å²) in [6.07, 6.45) is 5.31. The fraction of sp³-hybridized carbons (Fsp3) is 0.800. The molecule has 0 amide bonds. The first kappa shape index (κ1) is 20.1. The van der Waals surface area contributed by atoms with Crippen molar-refractivity contribution in [2.24, 2.45) is 10.9 Å². The predicted octanol–water partition coefficient (Wildman–Crippen LogP) is 2.14. The van der Waals surface area contributed by atoms with E-state index < -0.39 is 0 Å². The molecule has 2 saturated heterocycles. The number of hydrogen-bond acceptors (Lipinski definition) is 5. The van der Waals surface area contributed by atoms with E-state index in [9.17, 15) is 0 Å². The van der Waals surface area contributed by atoms with Crippen LogP contribution in [0.2, 0.25) is 0 Å². The summed E-state index contributed by atoms with van der Waals surface area (Å²) < 4.78 is 11.3. The van der Waals surface area contributed by atoms with E-state index >= 15 is 0 Å². The first-order valence-electron chi connectivity index (χ1n) is 10.2. The first-order valence-corrected chi connectivity index (χ1v) is 10.2. The second-order valence-electron chi connectivity index (χ2n) is 8.74. The summed E-state index contributed by atoms with van der Waals surface area (Å²) in [5.74, 6) is 3.13. The Morgan fingerprint density at radius 3 is 2.67 bits per heavy atom. The summed E-state index contributed by atoms with van der Waals surface area (Å²) in [6, 6.07) is 0.460. The van der Waals surface area contributed by atoms with Crippen molar-refractivity contribution in [3.8, 4) is 0 Å². The van der Waals surface area contributed by atoms with Gasteiger partial charge in [0.05, 0.1) is 19.3 Å². The summed E-state index contributed by atoms with van der Waals surface area (Å²) in [6.45, 7) is 12.2. The zero-order valence-corrected chi connectivity index (χ0v) is 17.3. The molecular formula is C20H35N5O2. The Morgan fingerprint density at radius 2 is 2.07 bits per heavy atom. The van der Waals surface area contributed by atoms with Gasteiger partial charge in [-0.1, -0.05) is 20.8 Å². The van der Waals surface area contributed by atoms with Crippen molar-refractivity contribution in [3.63, 3.8) is 0 Å². The Morgan fingerprint density at radius 1 is 1.30 bits per heavy atom. The molecule has 2 N–H and O–H groups in total. The number of likely N-dealkylation sites (tertiary alicyclic amines) is 1. The third-order valence-corrected chi connectivity index (χ3v) is 5.39. The number of guanidine groups is 1. The summed E-state index contributed by atoms with van der Waals surface area (Å²) >= 11 is 0. The maximum atomic E-state index is 5.84. The third kappa shape index (κ3) is 5.94. The number of aromatic nitrogens is 1. The standard InChI is InChI=1S/C20H35N5O2/c1-20(2,3)17-11-22-18(27-17)12-23-19(21-4)24-16-5-8-25(9-6-16)13-15-7-10-26-14-15/h11,15-16H,5-10,12-14H2,1-4H3,(H2,21,23,24). The van der Waals surface area contributed by atoms with E-state index in [-0.39, 0.29) is 5.41 Å². The van der Waals surface area contributed by atoms with E-state index in [1.165, 1.54) is 13.0 Å². The maximum absolute atomic E-state index is 5.84. The summed E-state index contributed by atoms with van der Waals surface area (Å²) in [5, 5.41) is 6.87. The minimum atomic E-state index is -0.0240. The zero-order valence-electron chi connectivity index (χ0n) is 17.3. The lowest BCUT2D eigenvalue weighted by atomic mass is 9.94. The van der Waals surface area contributed by atoms with Crippen molar-refractivity contribution in [2.75, 3.05) is 39.9 Å². The van der Waals surface area contributed by atoms with E-state index in [2.05, 4.69) is 46.3 Å². The molecule has 152 valence electrons. The molecule has 0 aliphatic carbocycles. The minimum absolute atomic E-state index is 0.0240. The van der Waals surface area contributed by atoms with Crippen molar-refractivity contribution in [1.29, 1.82) is 0 Å². The van der Waals surface area contributed by atoms with Gasteiger partial charge in [-0.05, 0) is 25.2 Å². The van der Waals surface area contributed by atoms with Crippen LogP contribution in [0.3, 0.4) is 0 Å². The number of aliphatic imine (C=N–C) groups is 1. The van der Waals surface area contributed by atoms with Crippen molar-refractivity contribution >= 4 is 5.96 Å². The number of rotatable bonds is 5. The Labute approximate surface area is 163 Å². The van der Waals surface area contributed by atoms with E-state index in [0.29, 0.717) is 18.5 Å². The molecule has 2 aliphatic heterocycles. The number of nitrogens with zero attached hydrogens (tertiary/aromatic N) is 3. The van der Waals surface area contributed by atoms with Gasteiger partial charge in [0, 0.05) is 44.7 Å². The molecule has 1 aromatic heterocycles. The summed E-state index contributed by atoms with van der Waals surface area (Å²) in [7, 11) is 1.81. The normalized spacial score (nSPS) is 23.0. The minimum Gasteiger partial charge on any atom is -0.443 e. The molecule has 3 rings (SSSR count). The van der Waals surface area contributed by atoms with Crippen LogP contribution in [0.5, 0.6) is 0 Å². The molecule has 0 bridgehead atoms. The molecule has 27 heavy (non-hydrogen) atoms. The SMILES string of the molecule is CN=C(NCc1ncc(C(C)(C)C)o1)NC1CCN(CC2CCOC2)CC1. The molecule has 7 nitrogen and oxygen atoms in total. The topological polar surface area (TPSA) is 74.9 Å². The third-order valence-electron chi connectivity index (χ3n) is 5.39. The molecule has 0 radical (unpaired) electrons. The lowest BCUT2D eigenvalue weighted by Gasteiger charge is -2.34. The van der Waals surface area contributed by atoms with Crippen LogP contribution in [-0.4, -0.2) is 61.8 Å². The van der Waals surface area contributed by atoms with Crippen LogP contribution in [0.1, 0.15) is 51.7 Å². The first-order chi connectivity index (χ1) is 12.9. The summed E-state index contributed by atoms with van der Waals surface area (Å²) in [5.41, 5.74) is -0.0240. The van der Waals surface area contributed by atoms with Crippen molar-refractivity contribution < 1.29 is 9.15 Å². The smallest absolute Gasteiger partial charge is 0.213 e. The number of piperidine rings is 1. The van der Waals surface area contributed by atoms with E-state index in [0.717, 1.165) is 56.8 Å². The Kier molecular flexibility index (Phi) is 6.76. The van der Waals surface area contributed by atoms with E-state index in [1.807, 2.05) is 6.20 Å². The fourth-order valence-electron chi connectivity index (χ4n) is 3.64. The van der Waals surface area contributed by atoms with Gasteiger partial charge in [-0.3, -0.25) is 4.99 Å². The van der Waals surface area contributed by atoms with Crippen LogP contribution in [0, 0.1) is 5.92 Å². The largest absolute Gasteiger partial charge is 0.443 e. The second kappa shape index (κ2) is 9.06. The molecule has 3 heterocycles. The monoisotopic (exact) mass is 377 g/mol. The quantitative estimate of drug-likeness (QED) is 0.605. The van der Waals surface area contributed by atoms with Crippen LogP contribution in [0.15, 0.2) is 15.6 Å². The highest BCUT2D eigenvalue weighted by atomic mass is 16.5. The molecule has 2 aliphatic rings. The Bertz CT molecular complexity index is 608. The van der Waals surface area contributed by atoms with E-state index in [4.69, 9.17) is 9.15 Å². The summed E-state index contributed by atoms with van der Waals surface area (Å²) in [4.78, 5) is 11.3. The lowest BCUT2D eigenvalue weighted by molar-refractivity contribution is 0.150. The predicted molar refractivity (Wildman–Crippen MR) is 107 cm³/mol. The molecule has 0 aromatic carbocycles. The number of oxazole rings is 1. The number of nitrogens with one attached hydrogen (secondary N) is 2. The highest BCUT2D eigenvalue weighted by molar-refractivity contribution is 5.79. The molecule has 1 atom stereocenters. The average Bonchev–Trinajstić information content (AvgIpc) is 3.31. The van der Waals surface area contributed by atoms with Gasteiger partial charge in [-0.25, -0.2) is 4.98 Å². The molecule has 0 saturated carbocycles. The molecule has 1 aromatic rings. The maximum Gasteiger partial charge on any atom is 0.213 e. The van der Waals surface area contributed by atoms with Crippen molar-refractivity contribution in [1.82, 2.24) is 20.5 Å². The van der Waals surface area contributed by atoms with Gasteiger partial charge >= 0.3 is 0 Å². The zero-order chi connectivity index (χ0) is 19.3. The lowest BCUT2D eigenvalue weighted by Crippen LogP contribution is -2.49. The molecular weight excluding hydrogens is 342 g/mol. The molecule has 0 spiro atoms. The van der Waals surface area contributed by atoms with Gasteiger partial charge in [-0.2, -0.15) is 0 Å². The van der Waals surface area contributed by atoms with Crippen LogP contribution in [0.25, 0.3) is 0 Å². The highest BCUT2D eigenvalue weighted by Gasteiger charge is 2.24. The average molecular weight is 378 g/mol. The molecule has 2 fully saturated rings. The second-order valence-corrected chi connectivity index (χ2v) is 8.74. The fourth-order valence-corrected chi connectivity index (χ4v) is 3.64. The van der Waals surface area contributed by atoms with Gasteiger partial charge in [0.2, 0.25) is 5.89 Å². The Balaban J connectivity index is 1.39. The van der Waals surface area contributed by atoms with Crippen LogP contribution in [0.4, 0.5) is 0 Å². The van der Waals surface area contributed by atoms with Gasteiger partial charge < -0.3 is 24.7 Å². The highest BCUT2D eigenvalue weighted by Crippen LogP contribution is 2.22. The van der Waals surface area contributed by atoms with Crippen molar-refractivity contribution in [2.45, 2.75) is 58.0 Å². The van der Waals surface area contributed by atoms with Gasteiger partial charge in [0.25, 0.3) is 0 Å². The molecule has 7 heteroatoms. The number of hydrogen-bond donors (Lipinski definition) is 2. The van der Waals surface area contributed by atoms with Gasteiger partial charge in [0.15, 0.2) is 5.96 Å². The van der Waals surface area contributed by atoms with Gasteiger partial charge in [-0.15, -0.1) is 0 Å². The van der Waals surface area contributed by atoms with Crippen LogP contribution in [-0.2, 0) is 16.7 Å². The van der Waals surface area contributed by atoms with Crippen LogP contribution < -0.4 is 10.6 Å². The number of ether oxygens (including phenoxy) is 1.